The largest absolute Gasteiger partial charge is 0.476 e. The van der Waals surface area contributed by atoms with E-state index in [1.54, 1.807) is 6.07 Å². The van der Waals surface area contributed by atoms with E-state index < -0.39 is 34.8 Å². The lowest BCUT2D eigenvalue weighted by atomic mass is 9.95. The van der Waals surface area contributed by atoms with Crippen LogP contribution in [0.25, 0.3) is 0 Å². The monoisotopic (exact) mass is 711 g/mol. The highest BCUT2D eigenvalue weighted by Gasteiger charge is 2.24. The number of halogens is 3. The van der Waals surface area contributed by atoms with E-state index in [2.05, 4.69) is 53.2 Å². The molecule has 3 heterocycles. The zero-order valence-corrected chi connectivity index (χ0v) is 27.8. The summed E-state index contributed by atoms with van der Waals surface area (Å²) in [6.45, 7) is 3.68. The quantitative estimate of drug-likeness (QED) is 0.150. The lowest BCUT2D eigenvalue weighted by molar-refractivity contribution is 0.0691. The fraction of sp³-hybridized carbons (Fsp3) is 0.333. The number of benzene rings is 2. The number of hydrogen-bond donors (Lipinski definition) is 6. The van der Waals surface area contributed by atoms with E-state index in [9.17, 15) is 28.0 Å². The van der Waals surface area contributed by atoms with Gasteiger partial charge in [0.15, 0.2) is 11.4 Å². The molecule has 2 fully saturated rings. The fourth-order valence-corrected chi connectivity index (χ4v) is 5.88. The molecule has 0 atom stereocenters. The van der Waals surface area contributed by atoms with Crippen LogP contribution in [0.3, 0.4) is 0 Å². The van der Waals surface area contributed by atoms with Crippen LogP contribution in [0.5, 0.6) is 0 Å². The molecule has 0 spiro atoms. The number of piperazine rings is 1. The Kier molecular flexibility index (Phi) is 11.8. The molecular weight excluding hydrogens is 676 g/mol. The minimum atomic E-state index is -1.38. The smallest absolute Gasteiger partial charge is 0.358 e. The summed E-state index contributed by atoms with van der Waals surface area (Å²) in [5.41, 5.74) is 0.499. The number of H-pyrrole nitrogens is 2. The van der Waals surface area contributed by atoms with E-state index in [-0.39, 0.29) is 29.2 Å². The van der Waals surface area contributed by atoms with Crippen LogP contribution in [0.15, 0.2) is 48.8 Å². The van der Waals surface area contributed by atoms with Crippen LogP contribution >= 0.6 is 11.6 Å². The van der Waals surface area contributed by atoms with E-state index in [1.165, 1.54) is 12.6 Å². The Bertz CT molecular complexity index is 1830. The lowest BCUT2D eigenvalue weighted by Gasteiger charge is -2.34. The van der Waals surface area contributed by atoms with Crippen molar-refractivity contribution in [2.75, 3.05) is 48.8 Å². The van der Waals surface area contributed by atoms with Gasteiger partial charge < -0.3 is 30.9 Å². The summed E-state index contributed by atoms with van der Waals surface area (Å²) in [5, 5.41) is 29.5. The number of carboxylic acid groups (broad SMARTS) is 1. The van der Waals surface area contributed by atoms with Crippen LogP contribution < -0.4 is 20.9 Å². The van der Waals surface area contributed by atoms with Crippen LogP contribution in [0.1, 0.15) is 73.8 Å². The average molecular weight is 712 g/mol. The second-order valence-corrected chi connectivity index (χ2v) is 12.3. The van der Waals surface area contributed by atoms with E-state index >= 15 is 0 Å². The summed E-state index contributed by atoms with van der Waals surface area (Å²) in [6.07, 6.45) is 8.05. The number of aromatic nitrogens is 4. The van der Waals surface area contributed by atoms with Crippen LogP contribution in [-0.4, -0.2) is 93.4 Å². The molecule has 0 radical (unpaired) electrons. The molecular formula is C33H36ClF2N9O5. The summed E-state index contributed by atoms with van der Waals surface area (Å²) >= 11 is 6.31. The van der Waals surface area contributed by atoms with E-state index in [0.717, 1.165) is 81.9 Å². The van der Waals surface area contributed by atoms with Crippen molar-refractivity contribution < 1.29 is 33.1 Å². The molecule has 14 nitrogen and oxygen atoms in total. The molecule has 1 aliphatic carbocycles. The number of hydrogen-bond acceptors (Lipinski definition) is 8. The zero-order chi connectivity index (χ0) is 35.8. The number of nitrogens with one attached hydrogen (secondary N) is 5. The molecule has 17 heteroatoms. The van der Waals surface area contributed by atoms with Crippen molar-refractivity contribution in [2.45, 2.75) is 38.1 Å². The van der Waals surface area contributed by atoms with E-state index in [4.69, 9.17) is 16.7 Å². The van der Waals surface area contributed by atoms with Gasteiger partial charge in [-0.2, -0.15) is 10.2 Å². The van der Waals surface area contributed by atoms with Crippen LogP contribution in [0.4, 0.5) is 25.8 Å². The Labute approximate surface area is 290 Å². The SMILES string of the molecule is CN1CCN(c2cc(Cl)cc(C(=O)Nc3c[nH]nc3C(=O)NC3CCCCC3)c2)CC1.O=C(O)c1n[nH]cc1NC(=O)c1c(F)cccc1F. The summed E-state index contributed by atoms with van der Waals surface area (Å²) < 4.78 is 26.7. The van der Waals surface area contributed by atoms with Gasteiger partial charge in [0.2, 0.25) is 0 Å². The number of rotatable bonds is 8. The lowest BCUT2D eigenvalue weighted by Crippen LogP contribution is -2.44. The second-order valence-electron chi connectivity index (χ2n) is 11.9. The Morgan fingerprint density at radius 3 is 2.08 bits per heavy atom. The number of carboxylic acids is 1. The summed E-state index contributed by atoms with van der Waals surface area (Å²) in [6, 6.07) is 8.48. The van der Waals surface area contributed by atoms with Crippen LogP contribution in [0.2, 0.25) is 5.02 Å². The number of aromatic amines is 2. The van der Waals surface area contributed by atoms with Crippen LogP contribution in [0, 0.1) is 11.6 Å². The van der Waals surface area contributed by atoms with Gasteiger partial charge in [0.25, 0.3) is 17.7 Å². The first-order valence-corrected chi connectivity index (χ1v) is 16.3. The van der Waals surface area contributed by atoms with Crippen molar-refractivity contribution in [3.63, 3.8) is 0 Å². The molecule has 0 bridgehead atoms. The van der Waals surface area contributed by atoms with Gasteiger partial charge in [0, 0.05) is 60.9 Å². The highest BCUT2D eigenvalue weighted by molar-refractivity contribution is 6.31. The van der Waals surface area contributed by atoms with Crippen molar-refractivity contribution in [1.29, 1.82) is 0 Å². The van der Waals surface area contributed by atoms with Gasteiger partial charge in [-0.15, -0.1) is 0 Å². The number of amides is 3. The predicted molar refractivity (Wildman–Crippen MR) is 182 cm³/mol. The number of carbonyl (C=O) groups excluding carboxylic acids is 3. The highest BCUT2D eigenvalue weighted by Crippen LogP contribution is 2.25. The van der Waals surface area contributed by atoms with E-state index in [0.29, 0.717) is 16.3 Å². The summed E-state index contributed by atoms with van der Waals surface area (Å²) in [4.78, 5) is 52.6. The topological polar surface area (TPSA) is 188 Å². The molecule has 2 aliphatic rings. The maximum absolute atomic E-state index is 13.3. The van der Waals surface area contributed by atoms with Crippen LogP contribution in [-0.2, 0) is 0 Å². The van der Waals surface area contributed by atoms with Gasteiger partial charge in [-0.05, 0) is 50.2 Å². The van der Waals surface area contributed by atoms with E-state index in [1.807, 2.05) is 12.1 Å². The first-order valence-electron chi connectivity index (χ1n) is 15.9. The Balaban J connectivity index is 0.000000219. The highest BCUT2D eigenvalue weighted by atomic mass is 35.5. The fourth-order valence-electron chi connectivity index (χ4n) is 5.65. The van der Waals surface area contributed by atoms with Crippen molar-refractivity contribution in [2.24, 2.45) is 0 Å². The average Bonchev–Trinajstić information content (AvgIpc) is 3.75. The molecule has 2 aromatic heterocycles. The first-order chi connectivity index (χ1) is 24.0. The third kappa shape index (κ3) is 9.00. The number of aromatic carboxylic acids is 1. The summed E-state index contributed by atoms with van der Waals surface area (Å²) in [5.74, 6) is -5.17. The number of anilines is 3. The van der Waals surface area contributed by atoms with Gasteiger partial charge in [0.05, 0.1) is 11.4 Å². The molecule has 2 aromatic carbocycles. The minimum absolute atomic E-state index is 0.167. The molecule has 6 N–H and O–H groups in total. The Morgan fingerprint density at radius 2 is 1.44 bits per heavy atom. The first kappa shape index (κ1) is 35.9. The predicted octanol–water partition coefficient (Wildman–Crippen LogP) is 4.77. The maximum Gasteiger partial charge on any atom is 0.358 e. The third-order valence-corrected chi connectivity index (χ3v) is 8.56. The standard InChI is InChI=1S/C22H29ClN6O2.C11H7F2N3O3/c1-28-7-9-29(10-8-28)18-12-15(11-16(23)13-18)21(30)26-19-14-24-27-20(19)22(31)25-17-5-3-2-4-6-17;12-5-2-1-3-6(13)8(5)10(17)15-7-4-14-16-9(7)11(18)19/h11-14,17H,2-10H2,1H3,(H,24,27)(H,25,31)(H,26,30);1-4H,(H,14,16)(H,15,17)(H,18,19). The molecule has 1 saturated carbocycles. The molecule has 50 heavy (non-hydrogen) atoms. The van der Waals surface area contributed by atoms with Crippen molar-refractivity contribution in [1.82, 2.24) is 30.6 Å². The number of nitrogens with zero attached hydrogens (tertiary/aromatic N) is 4. The molecule has 1 aliphatic heterocycles. The molecule has 3 amide bonds. The Hall–Kier alpha value is -5.35. The maximum atomic E-state index is 13.3. The molecule has 264 valence electrons. The van der Waals surface area contributed by atoms with Crippen molar-refractivity contribution in [3.05, 3.63) is 88.0 Å². The summed E-state index contributed by atoms with van der Waals surface area (Å²) in [7, 11) is 2.10. The Morgan fingerprint density at radius 1 is 0.840 bits per heavy atom. The van der Waals surface area contributed by atoms with Crippen molar-refractivity contribution in [3.8, 4) is 0 Å². The molecule has 4 aromatic rings. The normalized spacial score (nSPS) is 15.1. The molecule has 6 rings (SSSR count). The van der Waals surface area contributed by atoms with Gasteiger partial charge in [0.1, 0.15) is 17.2 Å². The van der Waals surface area contributed by atoms with Gasteiger partial charge in [-0.25, -0.2) is 13.6 Å². The zero-order valence-electron chi connectivity index (χ0n) is 27.1. The van der Waals surface area contributed by atoms with Gasteiger partial charge in [-0.1, -0.05) is 36.9 Å². The second kappa shape index (κ2) is 16.4. The molecule has 0 unspecified atom stereocenters. The van der Waals surface area contributed by atoms with Crippen molar-refractivity contribution >= 4 is 52.4 Å². The number of likely N-dealkylation sites (N-methyl/N-ethyl adjacent to an activating group) is 1. The van der Waals surface area contributed by atoms with Gasteiger partial charge in [-0.3, -0.25) is 24.6 Å². The third-order valence-electron chi connectivity index (χ3n) is 8.34. The van der Waals surface area contributed by atoms with Gasteiger partial charge >= 0.3 is 5.97 Å². The minimum Gasteiger partial charge on any atom is -0.476 e. The number of carbonyl (C=O) groups is 4. The molecule has 1 saturated heterocycles.